The normalized spacial score (nSPS) is 22.6. The molecule has 18 heavy (non-hydrogen) atoms. The van der Waals surface area contributed by atoms with Crippen LogP contribution in [-0.4, -0.2) is 36.7 Å². The smallest absolute Gasteiger partial charge is 0.249 e. The fourth-order valence-corrected chi connectivity index (χ4v) is 2.10. The Hall–Kier alpha value is -0.610. The second-order valence-corrected chi connectivity index (χ2v) is 6.19. The molecule has 1 amide bonds. The van der Waals surface area contributed by atoms with Crippen molar-refractivity contribution in [2.45, 2.75) is 71.1 Å². The van der Waals surface area contributed by atoms with E-state index >= 15 is 0 Å². The summed E-state index contributed by atoms with van der Waals surface area (Å²) in [5.74, 6) is -0.0286. The molecule has 2 atom stereocenters. The van der Waals surface area contributed by atoms with E-state index < -0.39 is 0 Å². The molecule has 2 N–H and O–H groups in total. The summed E-state index contributed by atoms with van der Waals surface area (Å²) in [7, 11) is 0. The lowest BCUT2D eigenvalue weighted by atomic mass is 10.0. The maximum absolute atomic E-state index is 11.8. The molecule has 1 fully saturated rings. The first-order valence-electron chi connectivity index (χ1n) is 7.05. The first-order valence-corrected chi connectivity index (χ1v) is 7.05. The summed E-state index contributed by atoms with van der Waals surface area (Å²) in [5.41, 5.74) is -0.195. The number of hydrogen-bond donors (Lipinski definition) is 2. The monoisotopic (exact) mass is 256 g/mol. The van der Waals surface area contributed by atoms with E-state index in [9.17, 15) is 4.79 Å². The molecule has 1 rings (SSSR count). The van der Waals surface area contributed by atoms with Crippen molar-refractivity contribution in [2.24, 2.45) is 0 Å². The number of carbonyl (C=O) groups is 1. The van der Waals surface area contributed by atoms with Crippen molar-refractivity contribution in [2.75, 3.05) is 13.2 Å². The van der Waals surface area contributed by atoms with Gasteiger partial charge >= 0.3 is 0 Å². The third-order valence-corrected chi connectivity index (χ3v) is 3.11. The molecule has 1 aliphatic rings. The van der Waals surface area contributed by atoms with Gasteiger partial charge in [-0.05, 0) is 53.5 Å². The number of hydrogen-bond acceptors (Lipinski definition) is 3. The van der Waals surface area contributed by atoms with E-state index in [1.165, 1.54) is 19.3 Å². The van der Waals surface area contributed by atoms with E-state index in [2.05, 4.69) is 10.6 Å². The van der Waals surface area contributed by atoms with Gasteiger partial charge in [0.1, 0.15) is 6.10 Å². The second kappa shape index (κ2) is 7.10. The van der Waals surface area contributed by atoms with Crippen LogP contribution in [0.15, 0.2) is 0 Å². The molecule has 0 aromatic rings. The lowest BCUT2D eigenvalue weighted by Gasteiger charge is -2.25. The molecule has 0 spiro atoms. The van der Waals surface area contributed by atoms with Crippen LogP contribution in [0.3, 0.4) is 0 Å². The summed E-state index contributed by atoms with van der Waals surface area (Å²) in [6.45, 7) is 9.51. The maximum Gasteiger partial charge on any atom is 0.249 e. The van der Waals surface area contributed by atoms with Gasteiger partial charge in [-0.2, -0.15) is 0 Å². The SMILES string of the molecule is CC(OCCC1CCCCN1)C(=O)NC(C)(C)C. The Bertz CT molecular complexity index is 255. The average molecular weight is 256 g/mol. The summed E-state index contributed by atoms with van der Waals surface area (Å²) in [4.78, 5) is 11.8. The Kier molecular flexibility index (Phi) is 6.09. The van der Waals surface area contributed by atoms with Gasteiger partial charge in [0.25, 0.3) is 0 Å². The van der Waals surface area contributed by atoms with Crippen LogP contribution in [0.2, 0.25) is 0 Å². The highest BCUT2D eigenvalue weighted by Crippen LogP contribution is 2.10. The lowest BCUT2D eigenvalue weighted by Crippen LogP contribution is -2.46. The van der Waals surface area contributed by atoms with Crippen LogP contribution in [0.25, 0.3) is 0 Å². The Balaban J connectivity index is 2.15. The molecule has 0 aromatic heterocycles. The van der Waals surface area contributed by atoms with Crippen molar-refractivity contribution in [3.05, 3.63) is 0 Å². The third-order valence-electron chi connectivity index (χ3n) is 3.11. The molecule has 0 bridgehead atoms. The molecule has 0 radical (unpaired) electrons. The van der Waals surface area contributed by atoms with Crippen LogP contribution < -0.4 is 10.6 Å². The molecule has 4 nitrogen and oxygen atoms in total. The van der Waals surface area contributed by atoms with Gasteiger partial charge in [0.2, 0.25) is 5.91 Å². The Morgan fingerprint density at radius 2 is 2.17 bits per heavy atom. The molecular weight excluding hydrogens is 228 g/mol. The molecule has 0 saturated carbocycles. The molecule has 1 saturated heterocycles. The Morgan fingerprint density at radius 1 is 1.44 bits per heavy atom. The highest BCUT2D eigenvalue weighted by molar-refractivity contribution is 5.80. The van der Waals surface area contributed by atoms with E-state index in [-0.39, 0.29) is 17.6 Å². The Labute approximate surface area is 111 Å². The highest BCUT2D eigenvalue weighted by Gasteiger charge is 2.20. The fourth-order valence-electron chi connectivity index (χ4n) is 2.10. The van der Waals surface area contributed by atoms with Gasteiger partial charge in [0.15, 0.2) is 0 Å². The first-order chi connectivity index (χ1) is 8.38. The molecule has 2 unspecified atom stereocenters. The van der Waals surface area contributed by atoms with Gasteiger partial charge in [-0.3, -0.25) is 4.79 Å². The van der Waals surface area contributed by atoms with Crippen LogP contribution in [0, 0.1) is 0 Å². The number of amides is 1. The van der Waals surface area contributed by atoms with Crippen LogP contribution in [0.5, 0.6) is 0 Å². The van der Waals surface area contributed by atoms with E-state index in [1.807, 2.05) is 27.7 Å². The standard InChI is InChI=1S/C14H28N2O2/c1-11(13(17)16-14(2,3)4)18-10-8-12-7-5-6-9-15-12/h11-12,15H,5-10H2,1-4H3,(H,16,17). The molecular formula is C14H28N2O2. The quantitative estimate of drug-likeness (QED) is 0.789. The minimum absolute atomic E-state index is 0.0286. The molecule has 106 valence electrons. The third kappa shape index (κ3) is 6.36. The van der Waals surface area contributed by atoms with Gasteiger partial charge in [0, 0.05) is 18.2 Å². The van der Waals surface area contributed by atoms with Crippen LogP contribution >= 0.6 is 0 Å². The van der Waals surface area contributed by atoms with Crippen LogP contribution in [0.1, 0.15) is 53.4 Å². The number of rotatable bonds is 5. The zero-order valence-electron chi connectivity index (χ0n) is 12.2. The predicted octanol–water partition coefficient (Wildman–Crippen LogP) is 1.84. The number of piperidine rings is 1. The van der Waals surface area contributed by atoms with Crippen molar-refractivity contribution < 1.29 is 9.53 Å². The summed E-state index contributed by atoms with van der Waals surface area (Å²) >= 11 is 0. The van der Waals surface area contributed by atoms with Crippen molar-refractivity contribution in [3.63, 3.8) is 0 Å². The van der Waals surface area contributed by atoms with E-state index in [4.69, 9.17) is 4.74 Å². The van der Waals surface area contributed by atoms with E-state index in [0.717, 1.165) is 13.0 Å². The van der Waals surface area contributed by atoms with Crippen LogP contribution in [-0.2, 0) is 9.53 Å². The molecule has 4 heteroatoms. The molecule has 1 heterocycles. The first kappa shape index (κ1) is 15.4. The number of nitrogens with one attached hydrogen (secondary N) is 2. The van der Waals surface area contributed by atoms with Gasteiger partial charge < -0.3 is 15.4 Å². The van der Waals surface area contributed by atoms with Crippen LogP contribution in [0.4, 0.5) is 0 Å². The largest absolute Gasteiger partial charge is 0.369 e. The van der Waals surface area contributed by atoms with Gasteiger partial charge in [-0.1, -0.05) is 6.42 Å². The highest BCUT2D eigenvalue weighted by atomic mass is 16.5. The van der Waals surface area contributed by atoms with Crippen molar-refractivity contribution >= 4 is 5.91 Å². The maximum atomic E-state index is 11.8. The van der Waals surface area contributed by atoms with Crippen molar-refractivity contribution in [1.29, 1.82) is 0 Å². The minimum atomic E-state index is -0.368. The number of ether oxygens (including phenoxy) is 1. The van der Waals surface area contributed by atoms with E-state index in [0.29, 0.717) is 12.6 Å². The summed E-state index contributed by atoms with van der Waals surface area (Å²) in [6.07, 6.45) is 4.44. The predicted molar refractivity (Wildman–Crippen MR) is 73.6 cm³/mol. The summed E-state index contributed by atoms with van der Waals surface area (Å²) in [6, 6.07) is 0.566. The zero-order chi connectivity index (χ0) is 13.6. The lowest BCUT2D eigenvalue weighted by molar-refractivity contribution is -0.133. The van der Waals surface area contributed by atoms with E-state index in [1.54, 1.807) is 0 Å². The van der Waals surface area contributed by atoms with Gasteiger partial charge in [-0.25, -0.2) is 0 Å². The summed E-state index contributed by atoms with van der Waals surface area (Å²) in [5, 5.41) is 6.41. The van der Waals surface area contributed by atoms with Crippen molar-refractivity contribution in [3.8, 4) is 0 Å². The van der Waals surface area contributed by atoms with Crippen molar-refractivity contribution in [1.82, 2.24) is 10.6 Å². The molecule has 0 aromatic carbocycles. The minimum Gasteiger partial charge on any atom is -0.369 e. The average Bonchev–Trinajstić information content (AvgIpc) is 2.28. The van der Waals surface area contributed by atoms with Gasteiger partial charge in [0.05, 0.1) is 0 Å². The Morgan fingerprint density at radius 3 is 2.72 bits per heavy atom. The van der Waals surface area contributed by atoms with Gasteiger partial charge in [-0.15, -0.1) is 0 Å². The number of carbonyl (C=O) groups excluding carboxylic acids is 1. The molecule has 1 aliphatic heterocycles. The topological polar surface area (TPSA) is 50.4 Å². The second-order valence-electron chi connectivity index (χ2n) is 6.19. The fraction of sp³-hybridized carbons (Fsp3) is 0.929. The summed E-state index contributed by atoms with van der Waals surface area (Å²) < 4.78 is 5.60. The zero-order valence-corrected chi connectivity index (χ0v) is 12.2. The molecule has 0 aliphatic carbocycles.